The summed E-state index contributed by atoms with van der Waals surface area (Å²) in [5, 5.41) is 3.99. The summed E-state index contributed by atoms with van der Waals surface area (Å²) in [4.78, 5) is 13.5. The quantitative estimate of drug-likeness (QED) is 0.261. The number of hydrazone groups is 1. The average Bonchev–Trinajstić information content (AvgIpc) is 2.92. The van der Waals surface area contributed by atoms with Crippen molar-refractivity contribution < 1.29 is 4.79 Å². The zero-order chi connectivity index (χ0) is 21.8. The lowest BCUT2D eigenvalue weighted by molar-refractivity contribution is -0.120. The lowest BCUT2D eigenvalue weighted by atomic mass is 10.1. The Morgan fingerprint density at radius 3 is 2.47 bits per heavy atom. The highest BCUT2D eigenvalue weighted by Crippen LogP contribution is 2.31. The normalized spacial score (nSPS) is 12.3. The van der Waals surface area contributed by atoms with Gasteiger partial charge in [0, 0.05) is 32.0 Å². The highest BCUT2D eigenvalue weighted by molar-refractivity contribution is 9.10. The molecule has 1 atom stereocenters. The maximum absolute atomic E-state index is 12.4. The predicted octanol–water partition coefficient (Wildman–Crippen LogP) is 6.10. The second kappa shape index (κ2) is 9.67. The monoisotopic (exact) mass is 483 g/mol. The third-order valence-electron chi connectivity index (χ3n) is 5.00. The van der Waals surface area contributed by atoms with E-state index in [2.05, 4.69) is 76.9 Å². The standard InChI is InChI=1S/C24H26BrN3OS/c1-15-11-12-22(16(2)13-15)28-17(3)21(23(25)18(28)4)14-26-27-24(29)19(5)30-20-9-7-6-8-10-20/h6-14,19H,1-5H3,(H,27,29)/b26-14-/t19-/m0/s1. The van der Waals surface area contributed by atoms with Crippen molar-refractivity contribution in [3.8, 4) is 5.69 Å². The molecule has 0 aliphatic rings. The molecule has 156 valence electrons. The van der Waals surface area contributed by atoms with Crippen LogP contribution in [-0.4, -0.2) is 21.9 Å². The maximum atomic E-state index is 12.4. The molecule has 0 saturated carbocycles. The molecular weight excluding hydrogens is 458 g/mol. The van der Waals surface area contributed by atoms with E-state index in [4.69, 9.17) is 0 Å². The number of hydrogen-bond donors (Lipinski definition) is 1. The predicted molar refractivity (Wildman–Crippen MR) is 130 cm³/mol. The summed E-state index contributed by atoms with van der Waals surface area (Å²) in [7, 11) is 0. The van der Waals surface area contributed by atoms with Crippen molar-refractivity contribution >= 4 is 39.8 Å². The summed E-state index contributed by atoms with van der Waals surface area (Å²) in [5.74, 6) is -0.126. The number of carbonyl (C=O) groups excluding carboxylic acids is 1. The van der Waals surface area contributed by atoms with Gasteiger partial charge in [0.1, 0.15) is 0 Å². The molecule has 4 nitrogen and oxygen atoms in total. The summed E-state index contributed by atoms with van der Waals surface area (Å²) in [6.07, 6.45) is 1.71. The second-order valence-electron chi connectivity index (χ2n) is 7.33. The Morgan fingerprint density at radius 2 is 1.80 bits per heavy atom. The number of amides is 1. The van der Waals surface area contributed by atoms with Gasteiger partial charge in [0.05, 0.1) is 11.5 Å². The first-order valence-electron chi connectivity index (χ1n) is 9.79. The summed E-state index contributed by atoms with van der Waals surface area (Å²) >= 11 is 5.21. The molecule has 0 radical (unpaired) electrons. The number of carbonyl (C=O) groups is 1. The molecule has 0 bridgehead atoms. The van der Waals surface area contributed by atoms with Crippen LogP contribution in [0.1, 0.15) is 35.0 Å². The van der Waals surface area contributed by atoms with Crippen molar-refractivity contribution in [2.24, 2.45) is 5.10 Å². The summed E-state index contributed by atoms with van der Waals surface area (Å²) in [5.41, 5.74) is 9.39. The largest absolute Gasteiger partial charge is 0.316 e. The van der Waals surface area contributed by atoms with E-state index in [1.807, 2.05) is 37.3 Å². The number of nitrogens with one attached hydrogen (secondary N) is 1. The van der Waals surface area contributed by atoms with E-state index in [1.165, 1.54) is 22.9 Å². The number of aromatic nitrogens is 1. The molecule has 3 rings (SSSR count). The molecule has 6 heteroatoms. The third-order valence-corrected chi connectivity index (χ3v) is 7.11. The molecule has 0 aliphatic carbocycles. The Balaban J connectivity index is 1.77. The van der Waals surface area contributed by atoms with E-state index in [9.17, 15) is 4.79 Å². The molecule has 1 heterocycles. The minimum absolute atomic E-state index is 0.126. The van der Waals surface area contributed by atoms with E-state index in [-0.39, 0.29) is 11.2 Å². The molecule has 30 heavy (non-hydrogen) atoms. The molecule has 1 N–H and O–H groups in total. The maximum Gasteiger partial charge on any atom is 0.253 e. The van der Waals surface area contributed by atoms with Gasteiger partial charge in [0.2, 0.25) is 0 Å². The van der Waals surface area contributed by atoms with Crippen molar-refractivity contribution in [1.82, 2.24) is 9.99 Å². The van der Waals surface area contributed by atoms with E-state index in [0.717, 1.165) is 32.0 Å². The zero-order valence-electron chi connectivity index (χ0n) is 17.9. The Labute approximate surface area is 190 Å². The van der Waals surface area contributed by atoms with Crippen LogP contribution in [0.4, 0.5) is 0 Å². The molecular formula is C24H26BrN3OS. The van der Waals surface area contributed by atoms with Crippen molar-refractivity contribution in [3.63, 3.8) is 0 Å². The topological polar surface area (TPSA) is 46.4 Å². The summed E-state index contributed by atoms with van der Waals surface area (Å²) in [6, 6.07) is 16.3. The van der Waals surface area contributed by atoms with Crippen LogP contribution in [0, 0.1) is 27.7 Å². The van der Waals surface area contributed by atoms with Crippen molar-refractivity contribution in [3.05, 3.63) is 81.1 Å². The molecule has 0 fully saturated rings. The van der Waals surface area contributed by atoms with Crippen LogP contribution < -0.4 is 5.43 Å². The van der Waals surface area contributed by atoms with Crippen molar-refractivity contribution in [1.29, 1.82) is 0 Å². The molecule has 1 amide bonds. The number of hydrogen-bond acceptors (Lipinski definition) is 3. The van der Waals surface area contributed by atoms with E-state index in [1.54, 1.807) is 6.21 Å². The highest BCUT2D eigenvalue weighted by Gasteiger charge is 2.18. The summed E-state index contributed by atoms with van der Waals surface area (Å²) < 4.78 is 3.19. The van der Waals surface area contributed by atoms with Crippen LogP contribution >= 0.6 is 27.7 Å². The molecule has 3 aromatic rings. The Hall–Kier alpha value is -2.31. The number of aryl methyl sites for hydroxylation is 2. The molecule has 0 unspecified atom stereocenters. The van der Waals surface area contributed by atoms with Gasteiger partial charge in [-0.1, -0.05) is 35.9 Å². The van der Waals surface area contributed by atoms with Crippen LogP contribution in [0.15, 0.2) is 63.0 Å². The van der Waals surface area contributed by atoms with Gasteiger partial charge in [-0.15, -0.1) is 11.8 Å². The molecule has 0 saturated heterocycles. The van der Waals surface area contributed by atoms with Gasteiger partial charge in [-0.05, 0) is 74.3 Å². The van der Waals surface area contributed by atoms with Gasteiger partial charge < -0.3 is 4.57 Å². The lowest BCUT2D eigenvalue weighted by Crippen LogP contribution is -2.26. The first kappa shape index (κ1) is 22.4. The van der Waals surface area contributed by atoms with Gasteiger partial charge in [-0.3, -0.25) is 4.79 Å². The third kappa shape index (κ3) is 4.87. The van der Waals surface area contributed by atoms with Crippen LogP contribution in [0.3, 0.4) is 0 Å². The first-order valence-corrected chi connectivity index (χ1v) is 11.5. The fourth-order valence-corrected chi connectivity index (χ4v) is 4.85. The van der Waals surface area contributed by atoms with E-state index < -0.39 is 0 Å². The number of thioether (sulfide) groups is 1. The zero-order valence-corrected chi connectivity index (χ0v) is 20.3. The van der Waals surface area contributed by atoms with Crippen molar-refractivity contribution in [2.45, 2.75) is 44.8 Å². The van der Waals surface area contributed by atoms with Gasteiger partial charge in [0.15, 0.2) is 0 Å². The van der Waals surface area contributed by atoms with Gasteiger partial charge in [0.25, 0.3) is 5.91 Å². The van der Waals surface area contributed by atoms with E-state index in [0.29, 0.717) is 0 Å². The van der Waals surface area contributed by atoms with E-state index >= 15 is 0 Å². The van der Waals surface area contributed by atoms with Crippen LogP contribution in [0.5, 0.6) is 0 Å². The average molecular weight is 484 g/mol. The Morgan fingerprint density at radius 1 is 1.10 bits per heavy atom. The highest BCUT2D eigenvalue weighted by atomic mass is 79.9. The first-order chi connectivity index (χ1) is 14.3. The van der Waals surface area contributed by atoms with Gasteiger partial charge in [-0.2, -0.15) is 5.10 Å². The van der Waals surface area contributed by atoms with Gasteiger partial charge in [-0.25, -0.2) is 5.43 Å². The summed E-state index contributed by atoms with van der Waals surface area (Å²) in [6.45, 7) is 10.2. The van der Waals surface area contributed by atoms with Crippen LogP contribution in [0.25, 0.3) is 5.69 Å². The Bertz CT molecular complexity index is 1090. The van der Waals surface area contributed by atoms with Crippen molar-refractivity contribution in [2.75, 3.05) is 0 Å². The molecule has 0 aliphatic heterocycles. The fourth-order valence-electron chi connectivity index (χ4n) is 3.40. The molecule has 0 spiro atoms. The Kier molecular flexibility index (Phi) is 7.21. The number of benzene rings is 2. The number of rotatable bonds is 6. The number of halogens is 1. The van der Waals surface area contributed by atoms with Crippen LogP contribution in [0.2, 0.25) is 0 Å². The van der Waals surface area contributed by atoms with Crippen LogP contribution in [-0.2, 0) is 4.79 Å². The fraction of sp³-hybridized carbons (Fsp3) is 0.250. The molecule has 2 aromatic carbocycles. The minimum atomic E-state index is -0.240. The second-order valence-corrected chi connectivity index (χ2v) is 9.54. The molecule has 1 aromatic heterocycles. The smallest absolute Gasteiger partial charge is 0.253 e. The number of nitrogens with zero attached hydrogens (tertiary/aromatic N) is 2. The minimum Gasteiger partial charge on any atom is -0.316 e. The SMILES string of the molecule is Cc1ccc(-n2c(C)c(Br)c(/C=N\NC(=O)[C@H](C)Sc3ccccc3)c2C)c(C)c1. The lowest BCUT2D eigenvalue weighted by Gasteiger charge is -2.13. The van der Waals surface area contributed by atoms with Gasteiger partial charge >= 0.3 is 0 Å².